The maximum Gasteiger partial charge on any atom is 0.0467 e. The van der Waals surface area contributed by atoms with Crippen LogP contribution in [0.5, 0.6) is 0 Å². The highest BCUT2D eigenvalue weighted by atomic mass is 15.1. The fraction of sp³-hybridized carbons (Fsp3) is 0.321. The molecule has 5 saturated carbocycles. The normalized spacial score (nSPS) is 26.3. The quantitative estimate of drug-likeness (QED) is 0.177. The van der Waals surface area contributed by atoms with Gasteiger partial charge in [-0.3, -0.25) is 0 Å². The van der Waals surface area contributed by atoms with Crippen molar-refractivity contribution in [2.45, 2.75) is 81.5 Å². The molecule has 0 heterocycles. The van der Waals surface area contributed by atoms with Crippen LogP contribution < -0.4 is 4.90 Å². The van der Waals surface area contributed by atoms with E-state index in [2.05, 4.69) is 144 Å². The molecule has 1 heteroatoms. The summed E-state index contributed by atoms with van der Waals surface area (Å²) in [7, 11) is 0. The summed E-state index contributed by atoms with van der Waals surface area (Å²) in [5.41, 5.74) is 18.8. The maximum atomic E-state index is 2.69. The van der Waals surface area contributed by atoms with Crippen molar-refractivity contribution in [1.82, 2.24) is 0 Å². The molecule has 7 aliphatic carbocycles. The number of rotatable bonds is 4. The van der Waals surface area contributed by atoms with Gasteiger partial charge in [-0.2, -0.15) is 0 Å². The first-order valence-electron chi connectivity index (χ1n) is 21.2. The number of fused-ring (bicyclic) bond motifs is 9. The lowest BCUT2D eigenvalue weighted by Gasteiger charge is -2.53. The molecule has 5 atom stereocenters. The maximum absolute atomic E-state index is 2.69. The van der Waals surface area contributed by atoms with Gasteiger partial charge in [0.1, 0.15) is 0 Å². The van der Waals surface area contributed by atoms with Gasteiger partial charge >= 0.3 is 0 Å². The topological polar surface area (TPSA) is 3.24 Å². The third-order valence-corrected chi connectivity index (χ3v) is 15.5. The molecule has 7 aliphatic rings. The molecule has 0 amide bonds. The van der Waals surface area contributed by atoms with Gasteiger partial charge in [-0.25, -0.2) is 0 Å². The molecule has 1 nitrogen and oxygen atoms in total. The highest BCUT2D eigenvalue weighted by Gasteiger charge is 2.59. The summed E-state index contributed by atoms with van der Waals surface area (Å²) in [5, 5.41) is 0. The van der Waals surface area contributed by atoms with Crippen molar-refractivity contribution in [3.8, 4) is 33.4 Å². The standard InChI is InChI=1S/C53H49N/c1-3-12-37(13-4-1)38-14-11-15-41(32-38)54(42-22-24-46-44-16-5-7-18-48(44)52(50(46)33-42)26-9-2-10-27-52)43-23-25-47-45-17-6-8-19-49(45)53(51(47)34-43)39-21-20-35-28-36(30-39)31-40(53)29-35/h1,3-8,11-19,22-25,32-36,39-40H,2,9-10,20-21,26-31H2. The van der Waals surface area contributed by atoms with Gasteiger partial charge in [-0.1, -0.05) is 129 Å². The van der Waals surface area contributed by atoms with Gasteiger partial charge in [-0.05, 0) is 161 Å². The molecule has 5 fully saturated rings. The number of hydrogen-bond donors (Lipinski definition) is 0. The van der Waals surface area contributed by atoms with Gasteiger partial charge in [0.05, 0.1) is 0 Å². The molecule has 0 aliphatic heterocycles. The van der Waals surface area contributed by atoms with Crippen molar-refractivity contribution < 1.29 is 0 Å². The van der Waals surface area contributed by atoms with Gasteiger partial charge in [0.15, 0.2) is 0 Å². The Kier molecular flexibility index (Phi) is 6.88. The smallest absolute Gasteiger partial charge is 0.0467 e. The Morgan fingerprint density at radius 2 is 1.02 bits per heavy atom. The van der Waals surface area contributed by atoms with Crippen LogP contribution in [0.15, 0.2) is 140 Å². The summed E-state index contributed by atoms with van der Waals surface area (Å²) in [6.07, 6.45) is 14.9. The fourth-order valence-electron chi connectivity index (χ4n) is 13.6. The van der Waals surface area contributed by atoms with Crippen LogP contribution in [0.4, 0.5) is 17.1 Å². The van der Waals surface area contributed by atoms with E-state index in [-0.39, 0.29) is 10.8 Å². The van der Waals surface area contributed by atoms with Crippen LogP contribution in [0.3, 0.4) is 0 Å². The molecule has 6 aromatic carbocycles. The minimum atomic E-state index is 0.111. The van der Waals surface area contributed by atoms with E-state index in [0.717, 1.165) is 23.7 Å². The van der Waals surface area contributed by atoms with Gasteiger partial charge < -0.3 is 4.90 Å². The van der Waals surface area contributed by atoms with Crippen molar-refractivity contribution in [2.24, 2.45) is 23.7 Å². The van der Waals surface area contributed by atoms with E-state index in [0.29, 0.717) is 0 Å². The predicted octanol–water partition coefficient (Wildman–Crippen LogP) is 14.2. The van der Waals surface area contributed by atoms with Crippen LogP contribution in [-0.2, 0) is 10.8 Å². The first kappa shape index (κ1) is 31.5. The Hall–Kier alpha value is -4.88. The fourth-order valence-corrected chi connectivity index (χ4v) is 13.6. The lowest BCUT2D eigenvalue weighted by Crippen LogP contribution is -2.48. The Morgan fingerprint density at radius 3 is 1.83 bits per heavy atom. The summed E-state index contributed by atoms with van der Waals surface area (Å²) in [6, 6.07) is 54.3. The molecular formula is C53H49N. The summed E-state index contributed by atoms with van der Waals surface area (Å²) in [4.78, 5) is 2.62. The van der Waals surface area contributed by atoms with Crippen molar-refractivity contribution in [2.75, 3.05) is 4.90 Å². The van der Waals surface area contributed by atoms with Crippen LogP contribution in [0.2, 0.25) is 0 Å². The van der Waals surface area contributed by atoms with E-state index >= 15 is 0 Å². The van der Waals surface area contributed by atoms with Gasteiger partial charge in [0.2, 0.25) is 0 Å². The van der Waals surface area contributed by atoms with E-state index < -0.39 is 0 Å². The second kappa shape index (κ2) is 11.8. The summed E-state index contributed by atoms with van der Waals surface area (Å²) in [5.74, 6) is 3.30. The van der Waals surface area contributed by atoms with Gasteiger partial charge in [-0.15, -0.1) is 0 Å². The third-order valence-electron chi connectivity index (χ3n) is 15.5. The van der Waals surface area contributed by atoms with Crippen molar-refractivity contribution >= 4 is 17.1 Å². The average molecular weight is 700 g/mol. The molecule has 54 heavy (non-hydrogen) atoms. The first-order valence-corrected chi connectivity index (χ1v) is 21.2. The van der Waals surface area contributed by atoms with E-state index in [1.807, 2.05) is 0 Å². The Labute approximate surface area is 321 Å². The molecule has 0 radical (unpaired) electrons. The molecule has 13 rings (SSSR count). The van der Waals surface area contributed by atoms with Crippen LogP contribution in [0, 0.1) is 23.7 Å². The number of hydrogen-bond acceptors (Lipinski definition) is 1. The Bertz CT molecular complexity index is 2420. The lowest BCUT2D eigenvalue weighted by molar-refractivity contribution is 0.0618. The molecule has 4 bridgehead atoms. The van der Waals surface area contributed by atoms with Crippen LogP contribution in [-0.4, -0.2) is 0 Å². The van der Waals surface area contributed by atoms with Gasteiger partial charge in [0.25, 0.3) is 0 Å². The Morgan fingerprint density at radius 1 is 0.407 bits per heavy atom. The Balaban J connectivity index is 1.08. The van der Waals surface area contributed by atoms with Crippen molar-refractivity contribution in [3.63, 3.8) is 0 Å². The molecular weight excluding hydrogens is 651 g/mol. The highest BCUT2D eigenvalue weighted by molar-refractivity contribution is 5.89. The van der Waals surface area contributed by atoms with Crippen LogP contribution >= 0.6 is 0 Å². The van der Waals surface area contributed by atoms with Gasteiger partial charge in [0, 0.05) is 27.9 Å². The molecule has 2 spiro atoms. The zero-order valence-electron chi connectivity index (χ0n) is 31.3. The predicted molar refractivity (Wildman–Crippen MR) is 224 cm³/mol. The van der Waals surface area contributed by atoms with Crippen LogP contribution in [0.25, 0.3) is 33.4 Å². The highest BCUT2D eigenvalue weighted by Crippen LogP contribution is 2.68. The van der Waals surface area contributed by atoms with E-state index in [1.165, 1.54) is 121 Å². The molecule has 0 saturated heterocycles. The summed E-state index contributed by atoms with van der Waals surface area (Å²) in [6.45, 7) is 0. The SMILES string of the molecule is c1ccc(-c2cccc(N(c3ccc4c(c3)C3(CCCCC3)c3ccccc3-4)c3ccc4c(c3)C3(c5ccccc5-4)C4CCC5CC(C4)CC3C5)c2)cc1. The second-order valence-corrected chi connectivity index (χ2v) is 18.0. The number of anilines is 3. The largest absolute Gasteiger partial charge is 0.310 e. The molecule has 0 aromatic heterocycles. The molecule has 6 aromatic rings. The zero-order valence-corrected chi connectivity index (χ0v) is 31.3. The van der Waals surface area contributed by atoms with E-state index in [1.54, 1.807) is 22.3 Å². The molecule has 5 unspecified atom stereocenters. The zero-order chi connectivity index (χ0) is 35.4. The monoisotopic (exact) mass is 699 g/mol. The summed E-state index contributed by atoms with van der Waals surface area (Å²) >= 11 is 0. The van der Waals surface area contributed by atoms with Crippen LogP contribution in [0.1, 0.15) is 92.9 Å². The molecule has 266 valence electrons. The van der Waals surface area contributed by atoms with Crippen molar-refractivity contribution in [3.05, 3.63) is 162 Å². The summed E-state index contributed by atoms with van der Waals surface area (Å²) < 4.78 is 0. The minimum absolute atomic E-state index is 0.111. The van der Waals surface area contributed by atoms with E-state index in [4.69, 9.17) is 0 Å². The first-order chi connectivity index (χ1) is 26.7. The number of benzene rings is 6. The van der Waals surface area contributed by atoms with Crippen molar-refractivity contribution in [1.29, 1.82) is 0 Å². The van der Waals surface area contributed by atoms with E-state index in [9.17, 15) is 0 Å². The third kappa shape index (κ3) is 4.33. The second-order valence-electron chi connectivity index (χ2n) is 18.0. The lowest BCUT2D eigenvalue weighted by atomic mass is 9.51. The number of nitrogens with zero attached hydrogens (tertiary/aromatic N) is 1. The average Bonchev–Trinajstić information content (AvgIpc) is 3.55. The minimum Gasteiger partial charge on any atom is -0.310 e. The molecule has 0 N–H and O–H groups in total.